The first kappa shape index (κ1) is 11.4. The maximum atomic E-state index is 8.46. The molecule has 0 aromatic rings. The lowest BCUT2D eigenvalue weighted by Gasteiger charge is -1.89. The predicted octanol–water partition coefficient (Wildman–Crippen LogP) is 3.06. The van der Waals surface area contributed by atoms with Crippen LogP contribution in [0.4, 0.5) is 0 Å². The third kappa shape index (κ3) is 9.44. The van der Waals surface area contributed by atoms with Crippen molar-refractivity contribution in [2.45, 2.75) is 39.0 Å². The van der Waals surface area contributed by atoms with E-state index in [4.69, 9.17) is 5.11 Å². The Balaban J connectivity index is 3.13. The van der Waals surface area contributed by atoms with Gasteiger partial charge in [0.05, 0.1) is 0 Å². The van der Waals surface area contributed by atoms with Crippen molar-refractivity contribution in [3.8, 4) is 0 Å². The van der Waals surface area contributed by atoms with Gasteiger partial charge in [-0.2, -0.15) is 0 Å². The fraction of sp³-hybridized carbons (Fsp3) is 0.636. The molecule has 0 aromatic carbocycles. The monoisotopic (exact) mass is 168 g/mol. The molecule has 1 heteroatoms. The molecule has 12 heavy (non-hydrogen) atoms. The summed E-state index contributed by atoms with van der Waals surface area (Å²) in [4.78, 5) is 0. The molecule has 0 aliphatic rings. The Labute approximate surface area is 75.8 Å². The molecule has 0 unspecified atom stereocenters. The van der Waals surface area contributed by atoms with Gasteiger partial charge in [0.15, 0.2) is 0 Å². The molecular formula is C11H20O. The molecule has 0 bridgehead atoms. The van der Waals surface area contributed by atoms with E-state index in [1.54, 1.807) is 0 Å². The Morgan fingerprint density at radius 3 is 2.25 bits per heavy atom. The van der Waals surface area contributed by atoms with Crippen LogP contribution in [-0.4, -0.2) is 11.7 Å². The topological polar surface area (TPSA) is 20.2 Å². The number of rotatable bonds is 7. The SMILES string of the molecule is CCCCCC=C/C=C/CCO. The van der Waals surface area contributed by atoms with Crippen LogP contribution in [0.1, 0.15) is 39.0 Å². The van der Waals surface area contributed by atoms with Gasteiger partial charge in [-0.25, -0.2) is 0 Å². The quantitative estimate of drug-likeness (QED) is 0.457. The second kappa shape index (κ2) is 10.4. The summed E-state index contributed by atoms with van der Waals surface area (Å²) in [5, 5.41) is 8.46. The van der Waals surface area contributed by atoms with Crippen molar-refractivity contribution in [2.75, 3.05) is 6.61 Å². The molecule has 0 saturated heterocycles. The van der Waals surface area contributed by atoms with Crippen molar-refractivity contribution in [1.29, 1.82) is 0 Å². The first-order valence-corrected chi connectivity index (χ1v) is 4.84. The van der Waals surface area contributed by atoms with Crippen LogP contribution in [0.2, 0.25) is 0 Å². The Bertz CT molecular complexity index is 125. The van der Waals surface area contributed by atoms with Gasteiger partial charge in [-0.1, -0.05) is 44.1 Å². The molecule has 0 saturated carbocycles. The molecule has 0 aliphatic heterocycles. The highest BCUT2D eigenvalue weighted by Gasteiger charge is 1.79. The highest BCUT2D eigenvalue weighted by molar-refractivity contribution is 5.02. The van der Waals surface area contributed by atoms with Crippen LogP contribution >= 0.6 is 0 Å². The summed E-state index contributed by atoms with van der Waals surface area (Å²) in [6.45, 7) is 2.46. The molecular weight excluding hydrogens is 148 g/mol. The van der Waals surface area contributed by atoms with Crippen molar-refractivity contribution in [2.24, 2.45) is 0 Å². The van der Waals surface area contributed by atoms with E-state index < -0.39 is 0 Å². The van der Waals surface area contributed by atoms with Crippen LogP contribution in [0, 0.1) is 0 Å². The van der Waals surface area contributed by atoms with Gasteiger partial charge < -0.3 is 5.11 Å². The van der Waals surface area contributed by atoms with E-state index >= 15 is 0 Å². The molecule has 0 rings (SSSR count). The van der Waals surface area contributed by atoms with E-state index in [1.165, 1.54) is 25.7 Å². The average Bonchev–Trinajstić information content (AvgIpc) is 2.10. The summed E-state index contributed by atoms with van der Waals surface area (Å²) in [7, 11) is 0. The van der Waals surface area contributed by atoms with Crippen molar-refractivity contribution in [1.82, 2.24) is 0 Å². The van der Waals surface area contributed by atoms with Crippen molar-refractivity contribution in [3.63, 3.8) is 0 Å². The minimum atomic E-state index is 0.250. The maximum absolute atomic E-state index is 8.46. The van der Waals surface area contributed by atoms with Crippen LogP contribution in [-0.2, 0) is 0 Å². The van der Waals surface area contributed by atoms with Crippen molar-refractivity contribution < 1.29 is 5.11 Å². The number of hydrogen-bond donors (Lipinski definition) is 1. The highest BCUT2D eigenvalue weighted by atomic mass is 16.2. The number of aliphatic hydroxyl groups excluding tert-OH is 1. The largest absolute Gasteiger partial charge is 0.396 e. The number of allylic oxidation sites excluding steroid dienone is 3. The first-order chi connectivity index (χ1) is 5.91. The summed E-state index contributed by atoms with van der Waals surface area (Å²) in [6, 6.07) is 0. The zero-order chi connectivity index (χ0) is 9.07. The molecule has 0 aliphatic carbocycles. The average molecular weight is 168 g/mol. The highest BCUT2D eigenvalue weighted by Crippen LogP contribution is 1.99. The molecule has 1 nitrogen and oxygen atoms in total. The molecule has 1 N–H and O–H groups in total. The second-order valence-electron chi connectivity index (χ2n) is 2.86. The van der Waals surface area contributed by atoms with Gasteiger partial charge in [-0.15, -0.1) is 0 Å². The molecule has 0 aromatic heterocycles. The number of aliphatic hydroxyl groups is 1. The van der Waals surface area contributed by atoms with Crippen LogP contribution in [0.25, 0.3) is 0 Å². The number of hydrogen-bond acceptors (Lipinski definition) is 1. The van der Waals surface area contributed by atoms with Crippen LogP contribution in [0.15, 0.2) is 24.3 Å². The lowest BCUT2D eigenvalue weighted by molar-refractivity contribution is 0.302. The van der Waals surface area contributed by atoms with Gasteiger partial charge in [0.1, 0.15) is 0 Å². The Hall–Kier alpha value is -0.560. The van der Waals surface area contributed by atoms with E-state index in [2.05, 4.69) is 19.1 Å². The second-order valence-corrected chi connectivity index (χ2v) is 2.86. The summed E-state index contributed by atoms with van der Waals surface area (Å²) < 4.78 is 0. The van der Waals surface area contributed by atoms with E-state index in [0.29, 0.717) is 0 Å². The van der Waals surface area contributed by atoms with Gasteiger partial charge in [0, 0.05) is 6.61 Å². The molecule has 0 atom stereocenters. The predicted molar refractivity (Wildman–Crippen MR) is 54.1 cm³/mol. The molecule has 70 valence electrons. The summed E-state index contributed by atoms with van der Waals surface area (Å²) in [5.41, 5.74) is 0. The van der Waals surface area contributed by atoms with Crippen LogP contribution in [0.3, 0.4) is 0 Å². The van der Waals surface area contributed by atoms with E-state index in [-0.39, 0.29) is 6.61 Å². The molecule has 0 heterocycles. The normalized spacial score (nSPS) is 11.8. The standard InChI is InChI=1S/C11H20O/c1-2-3-4-5-6-7-8-9-10-11-12/h6-9,12H,2-5,10-11H2,1H3/b7-6?,9-8+. The summed E-state index contributed by atoms with van der Waals surface area (Å²) in [6.07, 6.45) is 14.1. The van der Waals surface area contributed by atoms with Crippen LogP contribution in [0.5, 0.6) is 0 Å². The summed E-state index contributed by atoms with van der Waals surface area (Å²) in [5.74, 6) is 0. The Kier molecular flexibility index (Phi) is 9.95. The zero-order valence-electron chi connectivity index (χ0n) is 8.00. The first-order valence-electron chi connectivity index (χ1n) is 4.84. The van der Waals surface area contributed by atoms with E-state index in [0.717, 1.165) is 6.42 Å². The fourth-order valence-corrected chi connectivity index (χ4v) is 0.936. The molecule has 0 amide bonds. The van der Waals surface area contributed by atoms with Gasteiger partial charge in [0.25, 0.3) is 0 Å². The Morgan fingerprint density at radius 1 is 1.00 bits per heavy atom. The minimum absolute atomic E-state index is 0.250. The van der Waals surface area contributed by atoms with Gasteiger partial charge in [-0.3, -0.25) is 0 Å². The molecule has 0 spiro atoms. The molecule has 0 fully saturated rings. The third-order valence-corrected chi connectivity index (χ3v) is 1.65. The maximum Gasteiger partial charge on any atom is 0.0465 e. The Morgan fingerprint density at radius 2 is 1.67 bits per heavy atom. The molecule has 0 radical (unpaired) electrons. The van der Waals surface area contributed by atoms with E-state index in [9.17, 15) is 0 Å². The third-order valence-electron chi connectivity index (χ3n) is 1.65. The van der Waals surface area contributed by atoms with Gasteiger partial charge >= 0.3 is 0 Å². The zero-order valence-corrected chi connectivity index (χ0v) is 8.00. The van der Waals surface area contributed by atoms with Gasteiger partial charge in [0.2, 0.25) is 0 Å². The minimum Gasteiger partial charge on any atom is -0.396 e. The lowest BCUT2D eigenvalue weighted by Crippen LogP contribution is -1.74. The van der Waals surface area contributed by atoms with Gasteiger partial charge in [-0.05, 0) is 19.3 Å². The van der Waals surface area contributed by atoms with E-state index in [1.807, 2.05) is 12.2 Å². The van der Waals surface area contributed by atoms with Crippen molar-refractivity contribution >= 4 is 0 Å². The number of unbranched alkanes of at least 4 members (excludes halogenated alkanes) is 3. The van der Waals surface area contributed by atoms with Crippen LogP contribution < -0.4 is 0 Å². The fourth-order valence-electron chi connectivity index (χ4n) is 0.936. The smallest absolute Gasteiger partial charge is 0.0465 e. The van der Waals surface area contributed by atoms with Crippen molar-refractivity contribution in [3.05, 3.63) is 24.3 Å². The summed E-state index contributed by atoms with van der Waals surface area (Å²) >= 11 is 0. The lowest BCUT2D eigenvalue weighted by atomic mass is 10.2.